The molecule has 2 aromatic rings. The van der Waals surface area contributed by atoms with E-state index in [0.29, 0.717) is 0 Å². The molecule has 0 unspecified atom stereocenters. The molecule has 1 aromatic heterocycles. The van der Waals surface area contributed by atoms with Gasteiger partial charge >= 0.3 is 0 Å². The van der Waals surface area contributed by atoms with Gasteiger partial charge in [-0.15, -0.1) is 0 Å². The quantitative estimate of drug-likeness (QED) is 0.891. The van der Waals surface area contributed by atoms with E-state index in [2.05, 4.69) is 46.2 Å². The standard InChI is InChI=1S/C15H20N4/c1-4-13-14(16-3)17-11-18-15(13)19(5-2)12-9-7-6-8-10-12/h6-11H,4-5H2,1-3H3,(H,16,17,18). The molecule has 1 heterocycles. The SMILES string of the molecule is CCc1c(NC)ncnc1N(CC)c1ccccc1. The van der Waals surface area contributed by atoms with Crippen LogP contribution >= 0.6 is 0 Å². The Kier molecular flexibility index (Phi) is 4.34. The van der Waals surface area contributed by atoms with Crippen molar-refractivity contribution in [2.45, 2.75) is 20.3 Å². The first-order valence-electron chi connectivity index (χ1n) is 6.66. The van der Waals surface area contributed by atoms with Crippen molar-refractivity contribution in [3.05, 3.63) is 42.2 Å². The van der Waals surface area contributed by atoms with E-state index >= 15 is 0 Å². The summed E-state index contributed by atoms with van der Waals surface area (Å²) in [5.74, 6) is 1.89. The Labute approximate surface area is 114 Å². The van der Waals surface area contributed by atoms with Crippen molar-refractivity contribution in [3.63, 3.8) is 0 Å². The first-order valence-corrected chi connectivity index (χ1v) is 6.66. The molecule has 0 saturated carbocycles. The summed E-state index contributed by atoms with van der Waals surface area (Å²) in [6.45, 7) is 5.13. The number of nitrogens with zero attached hydrogens (tertiary/aromatic N) is 3. The summed E-state index contributed by atoms with van der Waals surface area (Å²) in [4.78, 5) is 11.0. The smallest absolute Gasteiger partial charge is 0.141 e. The molecule has 0 atom stereocenters. The van der Waals surface area contributed by atoms with Gasteiger partial charge in [0.1, 0.15) is 18.0 Å². The predicted molar refractivity (Wildman–Crippen MR) is 80.1 cm³/mol. The van der Waals surface area contributed by atoms with E-state index in [-0.39, 0.29) is 0 Å². The van der Waals surface area contributed by atoms with E-state index in [1.807, 2.05) is 25.2 Å². The number of hydrogen-bond acceptors (Lipinski definition) is 4. The molecule has 2 rings (SSSR count). The molecule has 1 N–H and O–H groups in total. The number of rotatable bonds is 5. The van der Waals surface area contributed by atoms with Gasteiger partial charge in [-0.3, -0.25) is 0 Å². The first-order chi connectivity index (χ1) is 9.31. The molecule has 0 aliphatic rings. The van der Waals surface area contributed by atoms with Crippen molar-refractivity contribution in [1.29, 1.82) is 0 Å². The number of para-hydroxylation sites is 1. The van der Waals surface area contributed by atoms with Gasteiger partial charge in [-0.05, 0) is 25.5 Å². The van der Waals surface area contributed by atoms with Gasteiger partial charge in [-0.1, -0.05) is 25.1 Å². The van der Waals surface area contributed by atoms with Crippen LogP contribution in [0.1, 0.15) is 19.4 Å². The van der Waals surface area contributed by atoms with Crippen molar-refractivity contribution in [2.75, 3.05) is 23.8 Å². The molecular formula is C15H20N4. The van der Waals surface area contributed by atoms with Gasteiger partial charge in [0.15, 0.2) is 0 Å². The zero-order valence-corrected chi connectivity index (χ0v) is 11.7. The van der Waals surface area contributed by atoms with Crippen LogP contribution in [-0.4, -0.2) is 23.6 Å². The van der Waals surface area contributed by atoms with Crippen LogP contribution in [0.15, 0.2) is 36.7 Å². The third kappa shape index (κ3) is 2.67. The van der Waals surface area contributed by atoms with E-state index in [4.69, 9.17) is 0 Å². The lowest BCUT2D eigenvalue weighted by Crippen LogP contribution is -2.20. The van der Waals surface area contributed by atoms with Gasteiger partial charge in [-0.2, -0.15) is 0 Å². The summed E-state index contributed by atoms with van der Waals surface area (Å²) in [5.41, 5.74) is 2.30. The highest BCUT2D eigenvalue weighted by Gasteiger charge is 2.15. The molecule has 0 spiro atoms. The molecule has 4 heteroatoms. The fourth-order valence-corrected chi connectivity index (χ4v) is 2.24. The minimum atomic E-state index is 0.872. The molecular weight excluding hydrogens is 236 g/mol. The fourth-order valence-electron chi connectivity index (χ4n) is 2.24. The van der Waals surface area contributed by atoms with Crippen molar-refractivity contribution in [2.24, 2.45) is 0 Å². The molecule has 0 fully saturated rings. The van der Waals surface area contributed by atoms with Crippen LogP contribution in [-0.2, 0) is 6.42 Å². The van der Waals surface area contributed by atoms with Crippen LogP contribution in [0.4, 0.5) is 17.3 Å². The second-order valence-corrected chi connectivity index (χ2v) is 4.21. The monoisotopic (exact) mass is 256 g/mol. The lowest BCUT2D eigenvalue weighted by Gasteiger charge is -2.25. The maximum atomic E-state index is 4.48. The molecule has 0 saturated heterocycles. The predicted octanol–water partition coefficient (Wildman–Crippen LogP) is 3.24. The summed E-state index contributed by atoms with van der Waals surface area (Å²) in [5, 5.41) is 3.14. The summed E-state index contributed by atoms with van der Waals surface area (Å²) in [6.07, 6.45) is 2.52. The van der Waals surface area contributed by atoms with Crippen molar-refractivity contribution in [1.82, 2.24) is 9.97 Å². The maximum Gasteiger partial charge on any atom is 0.141 e. The highest BCUT2D eigenvalue weighted by molar-refractivity contribution is 5.67. The van der Waals surface area contributed by atoms with Crippen LogP contribution in [0.25, 0.3) is 0 Å². The summed E-state index contributed by atoms with van der Waals surface area (Å²) < 4.78 is 0. The summed E-state index contributed by atoms with van der Waals surface area (Å²) in [6, 6.07) is 10.3. The van der Waals surface area contributed by atoms with Crippen molar-refractivity contribution >= 4 is 17.3 Å². The Morgan fingerprint density at radius 1 is 1.11 bits per heavy atom. The molecule has 0 aliphatic carbocycles. The van der Waals surface area contributed by atoms with Gasteiger partial charge in [0.25, 0.3) is 0 Å². The largest absolute Gasteiger partial charge is 0.373 e. The summed E-state index contributed by atoms with van der Waals surface area (Å²) in [7, 11) is 1.89. The van der Waals surface area contributed by atoms with Crippen LogP contribution in [0.3, 0.4) is 0 Å². The minimum absolute atomic E-state index is 0.872. The van der Waals surface area contributed by atoms with Crippen molar-refractivity contribution in [3.8, 4) is 0 Å². The molecule has 0 radical (unpaired) electrons. The molecule has 0 bridgehead atoms. The third-order valence-electron chi connectivity index (χ3n) is 3.15. The van der Waals surface area contributed by atoms with Crippen LogP contribution in [0.2, 0.25) is 0 Å². The molecule has 0 aliphatic heterocycles. The third-order valence-corrected chi connectivity index (χ3v) is 3.15. The van der Waals surface area contributed by atoms with Gasteiger partial charge in [0, 0.05) is 24.8 Å². The molecule has 19 heavy (non-hydrogen) atoms. The van der Waals surface area contributed by atoms with E-state index < -0.39 is 0 Å². The topological polar surface area (TPSA) is 41.1 Å². The van der Waals surface area contributed by atoms with Crippen LogP contribution in [0, 0.1) is 0 Å². The van der Waals surface area contributed by atoms with Crippen LogP contribution in [0.5, 0.6) is 0 Å². The normalized spacial score (nSPS) is 10.3. The van der Waals surface area contributed by atoms with E-state index in [0.717, 1.165) is 35.9 Å². The highest BCUT2D eigenvalue weighted by Crippen LogP contribution is 2.29. The molecule has 4 nitrogen and oxygen atoms in total. The maximum absolute atomic E-state index is 4.48. The Morgan fingerprint density at radius 3 is 2.42 bits per heavy atom. The zero-order chi connectivity index (χ0) is 13.7. The van der Waals surface area contributed by atoms with Crippen molar-refractivity contribution < 1.29 is 0 Å². The second kappa shape index (κ2) is 6.18. The molecule has 0 amide bonds. The number of benzene rings is 1. The number of hydrogen-bond donors (Lipinski definition) is 1. The Morgan fingerprint density at radius 2 is 1.84 bits per heavy atom. The zero-order valence-electron chi connectivity index (χ0n) is 11.7. The Balaban J connectivity index is 2.50. The lowest BCUT2D eigenvalue weighted by molar-refractivity contribution is 0.940. The molecule has 1 aromatic carbocycles. The number of nitrogens with one attached hydrogen (secondary N) is 1. The van der Waals surface area contributed by atoms with Gasteiger partial charge in [0.05, 0.1) is 0 Å². The highest BCUT2D eigenvalue weighted by atomic mass is 15.2. The first kappa shape index (κ1) is 13.3. The Hall–Kier alpha value is -2.10. The summed E-state index contributed by atoms with van der Waals surface area (Å²) >= 11 is 0. The Bertz CT molecular complexity index is 525. The minimum Gasteiger partial charge on any atom is -0.373 e. The lowest BCUT2D eigenvalue weighted by atomic mass is 10.2. The number of aromatic nitrogens is 2. The number of anilines is 3. The average Bonchev–Trinajstić information content (AvgIpc) is 2.48. The van der Waals surface area contributed by atoms with Gasteiger partial charge < -0.3 is 10.2 Å². The van der Waals surface area contributed by atoms with E-state index in [9.17, 15) is 0 Å². The average molecular weight is 256 g/mol. The van der Waals surface area contributed by atoms with Gasteiger partial charge in [-0.25, -0.2) is 9.97 Å². The van der Waals surface area contributed by atoms with Crippen LogP contribution < -0.4 is 10.2 Å². The van der Waals surface area contributed by atoms with E-state index in [1.54, 1.807) is 6.33 Å². The second-order valence-electron chi connectivity index (χ2n) is 4.21. The van der Waals surface area contributed by atoms with E-state index in [1.165, 1.54) is 0 Å². The fraction of sp³-hybridized carbons (Fsp3) is 0.333. The van der Waals surface area contributed by atoms with Gasteiger partial charge in [0.2, 0.25) is 0 Å². The molecule has 100 valence electrons.